The highest BCUT2D eigenvalue weighted by atomic mass is 35.5. The SMILES string of the molecule is O=C(NC1CN2CCC1CC2)c1ncc(Sc2cc(Cl)cc(Cl)c2)o1. The minimum Gasteiger partial charge on any atom is -0.425 e. The Morgan fingerprint density at radius 2 is 1.96 bits per heavy atom. The van der Waals surface area contributed by atoms with Crippen LogP contribution in [0.15, 0.2) is 38.8 Å². The molecule has 1 aromatic heterocycles. The number of oxazole rings is 1. The highest BCUT2D eigenvalue weighted by Crippen LogP contribution is 2.32. The summed E-state index contributed by atoms with van der Waals surface area (Å²) in [5.74, 6) is 0.396. The van der Waals surface area contributed by atoms with Gasteiger partial charge in [0.15, 0.2) is 5.09 Å². The van der Waals surface area contributed by atoms with Gasteiger partial charge in [0.05, 0.1) is 6.20 Å². The van der Waals surface area contributed by atoms with Crippen LogP contribution in [0.2, 0.25) is 10.0 Å². The van der Waals surface area contributed by atoms with Gasteiger partial charge < -0.3 is 14.6 Å². The van der Waals surface area contributed by atoms with Crippen molar-refractivity contribution in [2.75, 3.05) is 19.6 Å². The Morgan fingerprint density at radius 1 is 1.24 bits per heavy atom. The summed E-state index contributed by atoms with van der Waals surface area (Å²) >= 11 is 13.3. The number of aromatic nitrogens is 1. The number of carbonyl (C=O) groups excluding carboxylic acids is 1. The van der Waals surface area contributed by atoms with Gasteiger partial charge in [0, 0.05) is 27.5 Å². The standard InChI is InChI=1S/C17H17Cl2N3O2S/c18-11-5-12(19)7-13(6-11)25-15-8-20-17(24-15)16(23)21-14-9-22-3-1-10(14)2-4-22/h5-8,10,14H,1-4,9H2,(H,21,23). The molecule has 1 N–H and O–H groups in total. The Bertz CT molecular complexity index is 770. The fourth-order valence-electron chi connectivity index (χ4n) is 3.47. The average molecular weight is 398 g/mol. The predicted molar refractivity (Wildman–Crippen MR) is 97.5 cm³/mol. The van der Waals surface area contributed by atoms with E-state index in [1.54, 1.807) is 24.4 Å². The van der Waals surface area contributed by atoms with Crippen molar-refractivity contribution in [1.29, 1.82) is 0 Å². The van der Waals surface area contributed by atoms with Gasteiger partial charge in [-0.25, -0.2) is 4.98 Å². The normalized spacial score (nSPS) is 25.1. The van der Waals surface area contributed by atoms with Gasteiger partial charge in [-0.1, -0.05) is 35.0 Å². The van der Waals surface area contributed by atoms with Crippen molar-refractivity contribution in [1.82, 2.24) is 15.2 Å². The summed E-state index contributed by atoms with van der Waals surface area (Å²) < 4.78 is 5.59. The van der Waals surface area contributed by atoms with Gasteiger partial charge in [0.2, 0.25) is 0 Å². The Morgan fingerprint density at radius 3 is 2.60 bits per heavy atom. The number of rotatable bonds is 4. The van der Waals surface area contributed by atoms with Crippen LogP contribution in [0.5, 0.6) is 0 Å². The van der Waals surface area contributed by atoms with Crippen LogP contribution in [0, 0.1) is 5.92 Å². The van der Waals surface area contributed by atoms with Crippen LogP contribution in [0.25, 0.3) is 0 Å². The van der Waals surface area contributed by atoms with Gasteiger partial charge in [0.25, 0.3) is 5.89 Å². The number of hydrogen-bond acceptors (Lipinski definition) is 5. The first-order valence-corrected chi connectivity index (χ1v) is 9.77. The molecule has 3 aliphatic rings. The van der Waals surface area contributed by atoms with Crippen LogP contribution in [0.1, 0.15) is 23.5 Å². The third kappa shape index (κ3) is 3.97. The van der Waals surface area contributed by atoms with Crippen molar-refractivity contribution in [3.8, 4) is 0 Å². The van der Waals surface area contributed by atoms with E-state index in [-0.39, 0.29) is 17.8 Å². The van der Waals surface area contributed by atoms with E-state index in [4.69, 9.17) is 27.6 Å². The zero-order valence-corrected chi connectivity index (χ0v) is 15.7. The Kier molecular flexibility index (Phi) is 4.95. The van der Waals surface area contributed by atoms with Crippen molar-refractivity contribution < 1.29 is 9.21 Å². The van der Waals surface area contributed by atoms with Crippen molar-refractivity contribution in [2.45, 2.75) is 28.9 Å². The molecule has 1 unspecified atom stereocenters. The number of halogens is 2. The van der Waals surface area contributed by atoms with Gasteiger partial charge in [-0.2, -0.15) is 0 Å². The third-order valence-corrected chi connectivity index (χ3v) is 6.00. The van der Waals surface area contributed by atoms with Gasteiger partial charge >= 0.3 is 5.91 Å². The predicted octanol–water partition coefficient (Wildman–Crippen LogP) is 3.96. The molecule has 3 saturated heterocycles. The lowest BCUT2D eigenvalue weighted by atomic mass is 9.84. The monoisotopic (exact) mass is 397 g/mol. The van der Waals surface area contributed by atoms with Crippen molar-refractivity contribution >= 4 is 40.9 Å². The fraction of sp³-hybridized carbons (Fsp3) is 0.412. The lowest BCUT2D eigenvalue weighted by Gasteiger charge is -2.44. The molecule has 4 heterocycles. The summed E-state index contributed by atoms with van der Waals surface area (Å²) in [5.41, 5.74) is 0. The number of carbonyl (C=O) groups is 1. The topological polar surface area (TPSA) is 58.4 Å². The molecule has 2 aromatic rings. The largest absolute Gasteiger partial charge is 0.425 e. The highest BCUT2D eigenvalue weighted by molar-refractivity contribution is 7.99. The van der Waals surface area contributed by atoms with E-state index in [1.165, 1.54) is 11.8 Å². The first-order chi connectivity index (χ1) is 12.1. The van der Waals surface area contributed by atoms with Crippen LogP contribution in [0.4, 0.5) is 0 Å². The smallest absolute Gasteiger partial charge is 0.307 e. The quantitative estimate of drug-likeness (QED) is 0.845. The number of nitrogens with one attached hydrogen (secondary N) is 1. The molecule has 1 atom stereocenters. The molecule has 0 spiro atoms. The molecule has 1 amide bonds. The maximum absolute atomic E-state index is 12.4. The lowest BCUT2D eigenvalue weighted by Crippen LogP contribution is -2.57. The van der Waals surface area contributed by atoms with Crippen molar-refractivity contribution in [3.05, 3.63) is 40.3 Å². The molecule has 1 aromatic carbocycles. The summed E-state index contributed by atoms with van der Waals surface area (Å²) in [6.45, 7) is 3.19. The second-order valence-corrected chi connectivity index (χ2v) is 8.36. The highest BCUT2D eigenvalue weighted by Gasteiger charge is 2.35. The zero-order valence-electron chi connectivity index (χ0n) is 13.4. The van der Waals surface area contributed by atoms with Crippen LogP contribution in [0.3, 0.4) is 0 Å². The maximum atomic E-state index is 12.4. The van der Waals surface area contributed by atoms with E-state index in [0.717, 1.165) is 37.4 Å². The molecule has 5 nitrogen and oxygen atoms in total. The minimum atomic E-state index is -0.255. The summed E-state index contributed by atoms with van der Waals surface area (Å²) in [7, 11) is 0. The lowest BCUT2D eigenvalue weighted by molar-refractivity contribution is 0.0599. The number of amides is 1. The summed E-state index contributed by atoms with van der Waals surface area (Å²) in [5, 5.41) is 4.70. The van der Waals surface area contributed by atoms with E-state index in [1.807, 2.05) is 0 Å². The van der Waals surface area contributed by atoms with Crippen molar-refractivity contribution in [3.63, 3.8) is 0 Å². The van der Waals surface area contributed by atoms with E-state index >= 15 is 0 Å². The molecule has 0 aliphatic carbocycles. The number of benzene rings is 1. The molecular weight excluding hydrogens is 381 g/mol. The summed E-state index contributed by atoms with van der Waals surface area (Å²) in [4.78, 5) is 19.8. The van der Waals surface area contributed by atoms with Crippen LogP contribution >= 0.6 is 35.0 Å². The molecule has 3 aliphatic heterocycles. The van der Waals surface area contributed by atoms with E-state index < -0.39 is 0 Å². The molecule has 132 valence electrons. The molecule has 5 rings (SSSR count). The molecular formula is C17H17Cl2N3O2S. The van der Waals surface area contributed by atoms with Crippen LogP contribution in [-0.2, 0) is 0 Å². The van der Waals surface area contributed by atoms with Crippen molar-refractivity contribution in [2.24, 2.45) is 5.92 Å². The molecule has 8 heteroatoms. The first kappa shape index (κ1) is 17.2. The number of piperidine rings is 3. The molecule has 0 radical (unpaired) electrons. The van der Waals surface area contributed by atoms with E-state index in [2.05, 4.69) is 15.2 Å². The van der Waals surface area contributed by atoms with Gasteiger partial charge in [-0.15, -0.1) is 0 Å². The average Bonchev–Trinajstić information content (AvgIpc) is 3.03. The van der Waals surface area contributed by atoms with Gasteiger partial charge in [0.1, 0.15) is 0 Å². The number of hydrogen-bond donors (Lipinski definition) is 1. The molecule has 2 bridgehead atoms. The zero-order chi connectivity index (χ0) is 17.4. The fourth-order valence-corrected chi connectivity index (χ4v) is 4.96. The van der Waals surface area contributed by atoms with E-state index in [9.17, 15) is 4.79 Å². The Labute approximate surface area is 160 Å². The summed E-state index contributed by atoms with van der Waals surface area (Å²) in [6, 6.07) is 5.42. The number of fused-ring (bicyclic) bond motifs is 3. The van der Waals surface area contributed by atoms with Gasteiger partial charge in [-0.05, 0) is 50.0 Å². The first-order valence-electron chi connectivity index (χ1n) is 8.20. The molecule has 0 saturated carbocycles. The second kappa shape index (κ2) is 7.19. The number of nitrogens with zero attached hydrogens (tertiary/aromatic N) is 2. The van der Waals surface area contributed by atoms with E-state index in [0.29, 0.717) is 21.1 Å². The van der Waals surface area contributed by atoms with Gasteiger partial charge in [-0.3, -0.25) is 4.79 Å². The van der Waals surface area contributed by atoms with Crippen LogP contribution < -0.4 is 5.32 Å². The second-order valence-electron chi connectivity index (χ2n) is 6.41. The minimum absolute atomic E-state index is 0.0899. The summed E-state index contributed by atoms with van der Waals surface area (Å²) in [6.07, 6.45) is 3.84. The maximum Gasteiger partial charge on any atom is 0.307 e. The third-order valence-electron chi connectivity index (χ3n) is 4.71. The molecule has 25 heavy (non-hydrogen) atoms. The Balaban J connectivity index is 1.41. The Hall–Kier alpha value is -1.21. The molecule has 3 fully saturated rings. The van der Waals surface area contributed by atoms with Crippen LogP contribution in [-0.4, -0.2) is 41.5 Å².